The normalized spacial score (nSPS) is 21.3. The second-order valence-electron chi connectivity index (χ2n) is 19.4. The molecule has 72 heavy (non-hydrogen) atoms. The number of phosphoric ester groups is 1. The first-order valence-electron chi connectivity index (χ1n) is 28.4. The van der Waals surface area contributed by atoms with Crippen LogP contribution in [-0.4, -0.2) is 98.9 Å². The lowest BCUT2D eigenvalue weighted by atomic mass is 9.85. The summed E-state index contributed by atoms with van der Waals surface area (Å²) in [4.78, 5) is 23.3. The Morgan fingerprint density at radius 3 is 1.26 bits per heavy atom. The fourth-order valence-corrected chi connectivity index (χ4v) is 9.27. The van der Waals surface area contributed by atoms with Gasteiger partial charge in [0.1, 0.15) is 42.7 Å². The van der Waals surface area contributed by atoms with Crippen molar-refractivity contribution >= 4 is 13.8 Å². The van der Waals surface area contributed by atoms with E-state index in [1.807, 2.05) is 0 Å². The molecule has 6 N–H and O–H groups in total. The number of aliphatic hydroxyl groups excluding tert-OH is 5. The minimum atomic E-state index is -5.04. The SMILES string of the molecule is CC/C=C\C/C=C\C/C=C\C/C=C\C/C=C\C/C=C\CCCCC(=O)OC(COCCCCCCCCCCCCCC/C=C\CCCCCCCCCC)COP(=O)(O)OC1C(O)C(O)C(O)C(O)C1O. The van der Waals surface area contributed by atoms with Crippen LogP contribution in [0.1, 0.15) is 219 Å². The first-order valence-corrected chi connectivity index (χ1v) is 29.9. The van der Waals surface area contributed by atoms with Crippen molar-refractivity contribution in [2.75, 3.05) is 19.8 Å². The summed E-state index contributed by atoms with van der Waals surface area (Å²) in [5.41, 5.74) is 0. The highest BCUT2D eigenvalue weighted by Gasteiger charge is 2.51. The van der Waals surface area contributed by atoms with Gasteiger partial charge in [0.05, 0.1) is 13.2 Å². The van der Waals surface area contributed by atoms with Crippen molar-refractivity contribution in [3.05, 3.63) is 85.1 Å². The van der Waals surface area contributed by atoms with E-state index in [2.05, 4.69) is 98.9 Å². The topological polar surface area (TPSA) is 192 Å². The predicted octanol–water partition coefficient (Wildman–Crippen LogP) is 13.7. The molecule has 0 bridgehead atoms. The summed E-state index contributed by atoms with van der Waals surface area (Å²) < 4.78 is 34.3. The largest absolute Gasteiger partial charge is 0.472 e. The summed E-state index contributed by atoms with van der Waals surface area (Å²) in [6.45, 7) is 4.12. The molecule has 1 saturated carbocycles. The summed E-state index contributed by atoms with van der Waals surface area (Å²) in [7, 11) is -5.04. The lowest BCUT2D eigenvalue weighted by molar-refractivity contribution is -0.220. The van der Waals surface area contributed by atoms with Crippen molar-refractivity contribution in [2.45, 2.75) is 262 Å². The third-order valence-corrected chi connectivity index (χ3v) is 13.7. The molecule has 1 aliphatic rings. The van der Waals surface area contributed by atoms with Gasteiger partial charge in [-0.2, -0.15) is 0 Å². The van der Waals surface area contributed by atoms with Gasteiger partial charge in [-0.1, -0.05) is 208 Å². The molecule has 0 aromatic carbocycles. The van der Waals surface area contributed by atoms with Gasteiger partial charge in [0, 0.05) is 13.0 Å². The summed E-state index contributed by atoms with van der Waals surface area (Å²) in [6.07, 6.45) is 53.7. The maximum absolute atomic E-state index is 12.9. The Balaban J connectivity index is 2.33. The number of unbranched alkanes of at least 4 members (excludes halogenated alkanes) is 22. The minimum Gasteiger partial charge on any atom is -0.457 e. The van der Waals surface area contributed by atoms with E-state index >= 15 is 0 Å². The fourth-order valence-electron chi connectivity index (χ4n) is 8.30. The third kappa shape index (κ3) is 39.0. The van der Waals surface area contributed by atoms with Crippen molar-refractivity contribution in [3.63, 3.8) is 0 Å². The molecule has 0 aromatic heterocycles. The number of esters is 1. The standard InChI is InChI=1S/C59H103O12P/c1-3-5-7-9-11-13-15-17-19-21-23-25-26-27-29-31-33-35-37-39-41-43-45-47-49-68-50-52(51-69-72(66,67)71-59-57(64)55(62)54(61)56(63)58(59)65)70-53(60)48-46-44-42-40-38-36-34-32-30-28-24-22-20-18-16-14-12-10-8-6-4-2/h6,8,12,14,18,20-21,23-24,28,32,34,38,40,52,54-59,61-65H,3-5,7,9-11,13,15-17,19,22,25-27,29-31,33,35-37,39,41-51H2,1-2H3,(H,66,67)/b8-6-,14-12-,20-18-,23-21-,28-24-,34-32-,40-38-. The smallest absolute Gasteiger partial charge is 0.457 e. The van der Waals surface area contributed by atoms with Gasteiger partial charge < -0.3 is 39.9 Å². The zero-order chi connectivity index (χ0) is 52.6. The number of carbonyl (C=O) groups excluding carboxylic acids is 1. The number of hydrogen-bond donors (Lipinski definition) is 6. The minimum absolute atomic E-state index is 0.0986. The maximum atomic E-state index is 12.9. The zero-order valence-corrected chi connectivity index (χ0v) is 45.8. The monoisotopic (exact) mass is 1030 g/mol. The Labute approximate surface area is 437 Å². The van der Waals surface area contributed by atoms with Crippen molar-refractivity contribution in [3.8, 4) is 0 Å². The van der Waals surface area contributed by atoms with Gasteiger partial charge in [0.2, 0.25) is 0 Å². The van der Waals surface area contributed by atoms with Gasteiger partial charge >= 0.3 is 13.8 Å². The van der Waals surface area contributed by atoms with E-state index in [0.717, 1.165) is 70.6 Å². The van der Waals surface area contributed by atoms with Crippen LogP contribution < -0.4 is 0 Å². The molecule has 0 aliphatic heterocycles. The highest BCUT2D eigenvalue weighted by molar-refractivity contribution is 7.47. The van der Waals surface area contributed by atoms with Gasteiger partial charge in [-0.25, -0.2) is 4.57 Å². The molecular weight excluding hydrogens is 932 g/mol. The average molecular weight is 1040 g/mol. The zero-order valence-electron chi connectivity index (χ0n) is 45.0. The van der Waals surface area contributed by atoms with E-state index < -0.39 is 63.1 Å². The average Bonchev–Trinajstić information content (AvgIpc) is 3.37. The molecule has 1 rings (SSSR count). The van der Waals surface area contributed by atoms with Crippen LogP contribution >= 0.6 is 7.82 Å². The van der Waals surface area contributed by atoms with Crippen molar-refractivity contribution < 1.29 is 58.3 Å². The number of aliphatic hydroxyl groups is 5. The number of allylic oxidation sites excluding steroid dienone is 14. The van der Waals surface area contributed by atoms with E-state index in [-0.39, 0.29) is 13.0 Å². The van der Waals surface area contributed by atoms with Crippen LogP contribution in [0.15, 0.2) is 85.1 Å². The van der Waals surface area contributed by atoms with E-state index in [1.54, 1.807) is 0 Å². The second-order valence-corrected chi connectivity index (χ2v) is 20.8. The summed E-state index contributed by atoms with van der Waals surface area (Å²) in [5, 5.41) is 50.4. The third-order valence-electron chi connectivity index (χ3n) is 12.8. The molecule has 1 fully saturated rings. The van der Waals surface area contributed by atoms with Crippen LogP contribution in [0.3, 0.4) is 0 Å². The van der Waals surface area contributed by atoms with E-state index in [9.17, 15) is 39.8 Å². The van der Waals surface area contributed by atoms with Crippen LogP contribution in [0.5, 0.6) is 0 Å². The molecule has 6 atom stereocenters. The number of ether oxygens (including phenoxy) is 2. The summed E-state index contributed by atoms with van der Waals surface area (Å²) in [6, 6.07) is 0. The Kier molecular flexibility index (Phi) is 45.2. The second kappa shape index (κ2) is 48.2. The van der Waals surface area contributed by atoms with Crippen LogP contribution in [0.25, 0.3) is 0 Å². The molecule has 416 valence electrons. The highest BCUT2D eigenvalue weighted by Crippen LogP contribution is 2.47. The van der Waals surface area contributed by atoms with Gasteiger partial charge in [-0.15, -0.1) is 0 Å². The molecule has 12 nitrogen and oxygen atoms in total. The molecule has 0 saturated heterocycles. The van der Waals surface area contributed by atoms with Gasteiger partial charge in [0.25, 0.3) is 0 Å². The van der Waals surface area contributed by atoms with E-state index in [4.69, 9.17) is 18.5 Å². The Morgan fingerprint density at radius 2 is 0.819 bits per heavy atom. The van der Waals surface area contributed by atoms with Crippen LogP contribution in [0.4, 0.5) is 0 Å². The molecule has 13 heteroatoms. The molecule has 0 spiro atoms. The molecule has 0 aromatic rings. The molecule has 6 unspecified atom stereocenters. The summed E-state index contributed by atoms with van der Waals surface area (Å²) in [5.74, 6) is -0.519. The lowest BCUT2D eigenvalue weighted by Gasteiger charge is -2.41. The molecule has 0 amide bonds. The molecule has 0 radical (unpaired) electrons. The molecule has 0 heterocycles. The first-order chi connectivity index (χ1) is 35.0. The van der Waals surface area contributed by atoms with Crippen molar-refractivity contribution in [1.29, 1.82) is 0 Å². The molecule has 1 aliphatic carbocycles. The fraction of sp³-hybridized carbons (Fsp3) is 0.746. The highest BCUT2D eigenvalue weighted by atomic mass is 31.2. The van der Waals surface area contributed by atoms with Gasteiger partial charge in [-0.05, 0) is 89.9 Å². The predicted molar refractivity (Wildman–Crippen MR) is 294 cm³/mol. The number of hydrogen-bond acceptors (Lipinski definition) is 11. The first kappa shape index (κ1) is 67.5. The molecular formula is C59H103O12P. The van der Waals surface area contributed by atoms with Crippen molar-refractivity contribution in [1.82, 2.24) is 0 Å². The van der Waals surface area contributed by atoms with E-state index in [0.29, 0.717) is 13.0 Å². The number of rotatable bonds is 48. The van der Waals surface area contributed by atoms with Crippen LogP contribution in [-0.2, 0) is 27.9 Å². The maximum Gasteiger partial charge on any atom is 0.472 e. The number of phosphoric acid groups is 1. The van der Waals surface area contributed by atoms with E-state index in [1.165, 1.54) is 122 Å². The summed E-state index contributed by atoms with van der Waals surface area (Å²) >= 11 is 0. The number of carbonyl (C=O) groups is 1. The quantitative estimate of drug-likeness (QED) is 0.0146. The van der Waals surface area contributed by atoms with Crippen LogP contribution in [0.2, 0.25) is 0 Å². The Morgan fingerprint density at radius 1 is 0.458 bits per heavy atom. The Hall–Kier alpha value is -2.48. The Bertz CT molecular complexity index is 1510. The lowest BCUT2D eigenvalue weighted by Crippen LogP contribution is -2.64. The van der Waals surface area contributed by atoms with Crippen LogP contribution in [0, 0.1) is 0 Å². The van der Waals surface area contributed by atoms with Gasteiger partial charge in [0.15, 0.2) is 0 Å². The van der Waals surface area contributed by atoms with Crippen molar-refractivity contribution in [2.24, 2.45) is 0 Å². The van der Waals surface area contributed by atoms with Gasteiger partial charge in [-0.3, -0.25) is 13.8 Å².